The Morgan fingerprint density at radius 1 is 0.968 bits per heavy atom. The number of aryl methyl sites for hydroxylation is 1. The minimum Gasteiger partial charge on any atom is -0.378 e. The zero-order valence-corrected chi connectivity index (χ0v) is 17.7. The molecule has 1 saturated heterocycles. The summed E-state index contributed by atoms with van der Waals surface area (Å²) in [7, 11) is -3.80. The van der Waals surface area contributed by atoms with Gasteiger partial charge in [-0.3, -0.25) is 4.72 Å². The lowest BCUT2D eigenvalue weighted by Gasteiger charge is -2.28. The van der Waals surface area contributed by atoms with Gasteiger partial charge in [0.15, 0.2) is 0 Å². The Bertz CT molecular complexity index is 1150. The highest BCUT2D eigenvalue weighted by molar-refractivity contribution is 7.92. The van der Waals surface area contributed by atoms with Gasteiger partial charge in [0.25, 0.3) is 10.0 Å². The van der Waals surface area contributed by atoms with Crippen LogP contribution in [0.2, 0.25) is 0 Å². The van der Waals surface area contributed by atoms with Crippen LogP contribution < -0.4 is 14.9 Å². The predicted octanol–water partition coefficient (Wildman–Crippen LogP) is 3.31. The van der Waals surface area contributed by atoms with E-state index in [1.54, 1.807) is 24.3 Å². The lowest BCUT2D eigenvalue weighted by molar-refractivity contribution is 0.122. The van der Waals surface area contributed by atoms with Crippen LogP contribution in [0.25, 0.3) is 0 Å². The maximum atomic E-state index is 13.0. The number of ether oxygens (including phenoxy) is 1. The molecule has 2 aromatic carbocycles. The highest BCUT2D eigenvalue weighted by Crippen LogP contribution is 2.23. The molecule has 8 nitrogen and oxygen atoms in total. The van der Waals surface area contributed by atoms with Gasteiger partial charge in [-0.25, -0.2) is 22.8 Å². The number of nitrogens with one attached hydrogen (secondary N) is 2. The van der Waals surface area contributed by atoms with Gasteiger partial charge in [-0.1, -0.05) is 0 Å². The number of benzene rings is 2. The first-order valence-electron chi connectivity index (χ1n) is 9.73. The van der Waals surface area contributed by atoms with E-state index in [1.165, 1.54) is 12.1 Å². The SMILES string of the molecule is Cc1nc(Nc2ccc(NS(=O)(=O)c3ccc(F)cc3)cc2)cc(N2CCOCC2)n1. The summed E-state index contributed by atoms with van der Waals surface area (Å²) in [5.41, 5.74) is 1.14. The van der Waals surface area contributed by atoms with Gasteiger partial charge in [-0.15, -0.1) is 0 Å². The largest absolute Gasteiger partial charge is 0.378 e. The molecule has 1 fully saturated rings. The number of rotatable bonds is 6. The molecule has 4 rings (SSSR count). The van der Waals surface area contributed by atoms with Gasteiger partial charge in [0.2, 0.25) is 0 Å². The van der Waals surface area contributed by atoms with E-state index < -0.39 is 15.8 Å². The van der Waals surface area contributed by atoms with Crippen molar-refractivity contribution >= 4 is 33.0 Å². The minimum atomic E-state index is -3.80. The van der Waals surface area contributed by atoms with E-state index in [2.05, 4.69) is 24.9 Å². The maximum Gasteiger partial charge on any atom is 0.261 e. The summed E-state index contributed by atoms with van der Waals surface area (Å²) in [5.74, 6) is 1.64. The van der Waals surface area contributed by atoms with Crippen LogP contribution in [0, 0.1) is 12.7 Å². The molecule has 0 radical (unpaired) electrons. The molecule has 0 unspecified atom stereocenters. The van der Waals surface area contributed by atoms with Crippen molar-refractivity contribution in [3.05, 3.63) is 66.2 Å². The average molecular weight is 444 g/mol. The first-order valence-corrected chi connectivity index (χ1v) is 11.2. The minimum absolute atomic E-state index is 0.0109. The highest BCUT2D eigenvalue weighted by Gasteiger charge is 2.15. The van der Waals surface area contributed by atoms with Crippen LogP contribution in [0.1, 0.15) is 5.82 Å². The first kappa shape index (κ1) is 21.0. The van der Waals surface area contributed by atoms with E-state index in [0.717, 1.165) is 36.7 Å². The Labute approximate surface area is 180 Å². The smallest absolute Gasteiger partial charge is 0.261 e. The zero-order valence-electron chi connectivity index (χ0n) is 16.9. The van der Waals surface area contributed by atoms with Crippen molar-refractivity contribution in [2.75, 3.05) is 41.2 Å². The van der Waals surface area contributed by atoms with Crippen LogP contribution in [0.3, 0.4) is 0 Å². The van der Waals surface area contributed by atoms with E-state index in [9.17, 15) is 12.8 Å². The normalized spacial score (nSPS) is 14.3. The van der Waals surface area contributed by atoms with Crippen LogP contribution in [-0.2, 0) is 14.8 Å². The summed E-state index contributed by atoms with van der Waals surface area (Å²) in [4.78, 5) is 11.1. The topological polar surface area (TPSA) is 96.5 Å². The monoisotopic (exact) mass is 443 g/mol. The molecule has 10 heteroatoms. The number of hydrogen-bond acceptors (Lipinski definition) is 7. The van der Waals surface area contributed by atoms with Crippen LogP contribution in [0.5, 0.6) is 0 Å². The summed E-state index contributed by atoms with van der Waals surface area (Å²) in [6, 6.07) is 13.3. The summed E-state index contributed by atoms with van der Waals surface area (Å²) in [6.45, 7) is 4.72. The molecule has 0 spiro atoms. The van der Waals surface area contributed by atoms with Gasteiger partial charge in [0.1, 0.15) is 23.3 Å². The zero-order chi connectivity index (χ0) is 21.8. The highest BCUT2D eigenvalue weighted by atomic mass is 32.2. The number of aromatic nitrogens is 2. The second-order valence-electron chi connectivity index (χ2n) is 7.02. The molecule has 0 amide bonds. The van der Waals surface area contributed by atoms with E-state index in [4.69, 9.17) is 4.74 Å². The van der Waals surface area contributed by atoms with Crippen molar-refractivity contribution in [3.8, 4) is 0 Å². The molecule has 1 aliphatic rings. The number of halogens is 1. The van der Waals surface area contributed by atoms with Crippen LogP contribution in [0.15, 0.2) is 59.5 Å². The van der Waals surface area contributed by atoms with Gasteiger partial charge in [-0.2, -0.15) is 0 Å². The third-order valence-electron chi connectivity index (χ3n) is 4.69. The van der Waals surface area contributed by atoms with Gasteiger partial charge >= 0.3 is 0 Å². The number of morpholine rings is 1. The van der Waals surface area contributed by atoms with E-state index in [-0.39, 0.29) is 4.90 Å². The predicted molar refractivity (Wildman–Crippen MR) is 117 cm³/mol. The van der Waals surface area contributed by atoms with Crippen LogP contribution >= 0.6 is 0 Å². The van der Waals surface area contributed by atoms with Crippen molar-refractivity contribution < 1.29 is 17.5 Å². The molecule has 0 atom stereocenters. The molecular weight excluding hydrogens is 421 g/mol. The number of nitrogens with zero attached hydrogens (tertiary/aromatic N) is 3. The summed E-state index contributed by atoms with van der Waals surface area (Å²) >= 11 is 0. The Kier molecular flexibility index (Phi) is 6.01. The van der Waals surface area contributed by atoms with Gasteiger partial charge in [-0.05, 0) is 55.5 Å². The molecule has 0 saturated carbocycles. The van der Waals surface area contributed by atoms with Crippen molar-refractivity contribution in [3.63, 3.8) is 0 Å². The number of anilines is 4. The lowest BCUT2D eigenvalue weighted by Crippen LogP contribution is -2.36. The molecule has 0 bridgehead atoms. The lowest BCUT2D eigenvalue weighted by atomic mass is 10.3. The van der Waals surface area contributed by atoms with E-state index in [0.29, 0.717) is 30.5 Å². The fraction of sp³-hybridized carbons (Fsp3) is 0.238. The van der Waals surface area contributed by atoms with E-state index in [1.807, 2.05) is 13.0 Å². The fourth-order valence-corrected chi connectivity index (χ4v) is 4.23. The molecule has 1 aliphatic heterocycles. The van der Waals surface area contributed by atoms with Crippen molar-refractivity contribution in [1.82, 2.24) is 9.97 Å². The van der Waals surface area contributed by atoms with Crippen molar-refractivity contribution in [2.24, 2.45) is 0 Å². The van der Waals surface area contributed by atoms with E-state index >= 15 is 0 Å². The Morgan fingerprint density at radius 3 is 2.29 bits per heavy atom. The van der Waals surface area contributed by atoms with Crippen LogP contribution in [0.4, 0.5) is 27.4 Å². The second-order valence-corrected chi connectivity index (χ2v) is 8.70. The summed E-state index contributed by atoms with van der Waals surface area (Å²) in [6.07, 6.45) is 0. The Hall–Kier alpha value is -3.24. The molecule has 1 aromatic heterocycles. The van der Waals surface area contributed by atoms with Crippen molar-refractivity contribution in [2.45, 2.75) is 11.8 Å². The third kappa shape index (κ3) is 5.28. The quantitative estimate of drug-likeness (QED) is 0.603. The van der Waals surface area contributed by atoms with Crippen molar-refractivity contribution in [1.29, 1.82) is 0 Å². The molecule has 31 heavy (non-hydrogen) atoms. The van der Waals surface area contributed by atoms with Crippen LogP contribution in [-0.4, -0.2) is 44.7 Å². The standard InChI is InChI=1S/C21H22FN5O3S/c1-15-23-20(14-21(24-15)27-10-12-30-13-11-27)25-17-4-6-18(7-5-17)26-31(28,29)19-8-2-16(22)3-9-19/h2-9,14,26H,10-13H2,1H3,(H,23,24,25). The number of sulfonamides is 1. The molecule has 0 aliphatic carbocycles. The number of hydrogen-bond donors (Lipinski definition) is 2. The summed E-state index contributed by atoms with van der Waals surface area (Å²) < 4.78 is 45.8. The average Bonchev–Trinajstić information content (AvgIpc) is 2.75. The molecule has 162 valence electrons. The third-order valence-corrected chi connectivity index (χ3v) is 6.09. The molecular formula is C21H22FN5O3S. The second kappa shape index (κ2) is 8.86. The maximum absolute atomic E-state index is 13.0. The van der Waals surface area contributed by atoms with Gasteiger partial charge in [0, 0.05) is 30.5 Å². The molecule has 2 N–H and O–H groups in total. The molecule has 2 heterocycles. The van der Waals surface area contributed by atoms with Gasteiger partial charge < -0.3 is 15.0 Å². The van der Waals surface area contributed by atoms with Gasteiger partial charge in [0.05, 0.1) is 18.1 Å². The first-order chi connectivity index (χ1) is 14.9. The fourth-order valence-electron chi connectivity index (χ4n) is 3.17. The Balaban J connectivity index is 1.46. The summed E-state index contributed by atoms with van der Waals surface area (Å²) in [5, 5.41) is 3.22. The molecule has 3 aromatic rings. The Morgan fingerprint density at radius 2 is 1.61 bits per heavy atom.